The highest BCUT2D eigenvalue weighted by molar-refractivity contribution is 9.08. The highest BCUT2D eigenvalue weighted by atomic mass is 79.9. The number of anilines is 1. The normalized spacial score (nSPS) is 19.4. The largest absolute Gasteiger partial charge is 0.370 e. The van der Waals surface area contributed by atoms with Crippen LogP contribution in [0.1, 0.15) is 32.3 Å². The number of hydrogen-bond acceptors (Lipinski definition) is 1. The van der Waals surface area contributed by atoms with Gasteiger partial charge in [0.2, 0.25) is 0 Å². The molecule has 0 radical (unpaired) electrons. The Balaban J connectivity index is 2.23. The van der Waals surface area contributed by atoms with Crippen molar-refractivity contribution in [1.82, 2.24) is 0 Å². The lowest BCUT2D eigenvalue weighted by Crippen LogP contribution is -2.37. The van der Waals surface area contributed by atoms with Gasteiger partial charge in [-0.2, -0.15) is 0 Å². The van der Waals surface area contributed by atoms with E-state index in [1.54, 1.807) is 0 Å². The molecule has 1 fully saturated rings. The minimum atomic E-state index is 0.478. The molecule has 0 spiro atoms. The van der Waals surface area contributed by atoms with Crippen LogP contribution in [0.15, 0.2) is 18.2 Å². The number of benzene rings is 1. The number of hydrogen-bond donors (Lipinski definition) is 0. The molecule has 1 aromatic rings. The highest BCUT2D eigenvalue weighted by Gasteiger charge is 2.27. The lowest BCUT2D eigenvalue weighted by atomic mass is 9.82. The molecule has 94 valence electrons. The van der Waals surface area contributed by atoms with Gasteiger partial charge >= 0.3 is 0 Å². The quantitative estimate of drug-likeness (QED) is 0.704. The molecule has 0 aromatic heterocycles. The van der Waals surface area contributed by atoms with E-state index in [0.717, 1.165) is 23.4 Å². The molecule has 1 heterocycles. The molecular formula is C14H19BrClN. The van der Waals surface area contributed by atoms with Crippen molar-refractivity contribution < 1.29 is 0 Å². The highest BCUT2D eigenvalue weighted by Crippen LogP contribution is 2.37. The van der Waals surface area contributed by atoms with Crippen LogP contribution >= 0.6 is 27.5 Å². The van der Waals surface area contributed by atoms with Crippen LogP contribution in [0.4, 0.5) is 5.69 Å². The van der Waals surface area contributed by atoms with Crippen LogP contribution in [0.25, 0.3) is 0 Å². The van der Waals surface area contributed by atoms with Gasteiger partial charge in [-0.25, -0.2) is 0 Å². The van der Waals surface area contributed by atoms with Crippen LogP contribution in [-0.2, 0) is 5.33 Å². The van der Waals surface area contributed by atoms with Crippen LogP contribution in [0.3, 0.4) is 0 Å². The average molecular weight is 317 g/mol. The maximum absolute atomic E-state index is 6.35. The smallest absolute Gasteiger partial charge is 0.0642 e. The van der Waals surface area contributed by atoms with Crippen molar-refractivity contribution in [3.63, 3.8) is 0 Å². The molecule has 0 saturated carbocycles. The Hall–Kier alpha value is -0.210. The number of nitrogens with zero attached hydrogens (tertiary/aromatic N) is 1. The summed E-state index contributed by atoms with van der Waals surface area (Å²) in [4.78, 5) is 2.43. The summed E-state index contributed by atoms with van der Waals surface area (Å²) in [7, 11) is 0. The van der Waals surface area contributed by atoms with Gasteiger partial charge in [0.25, 0.3) is 0 Å². The molecular weight excluding hydrogens is 298 g/mol. The first-order valence-electron chi connectivity index (χ1n) is 6.12. The summed E-state index contributed by atoms with van der Waals surface area (Å²) in [5, 5.41) is 1.74. The van der Waals surface area contributed by atoms with Crippen LogP contribution in [0.5, 0.6) is 0 Å². The molecule has 17 heavy (non-hydrogen) atoms. The Morgan fingerprint density at radius 2 is 1.94 bits per heavy atom. The minimum Gasteiger partial charge on any atom is -0.370 e. The molecule has 0 amide bonds. The summed E-state index contributed by atoms with van der Waals surface area (Å²) in [6, 6.07) is 6.16. The Labute approximate surface area is 117 Å². The van der Waals surface area contributed by atoms with Crippen molar-refractivity contribution in [2.75, 3.05) is 18.0 Å². The third-order valence-electron chi connectivity index (χ3n) is 3.65. The van der Waals surface area contributed by atoms with Crippen molar-refractivity contribution >= 4 is 33.2 Å². The molecule has 2 rings (SSSR count). The van der Waals surface area contributed by atoms with Gasteiger partial charge in [0.05, 0.1) is 10.7 Å². The van der Waals surface area contributed by atoms with Crippen molar-refractivity contribution in [3.05, 3.63) is 28.8 Å². The van der Waals surface area contributed by atoms with Gasteiger partial charge in [0.15, 0.2) is 0 Å². The Kier molecular flexibility index (Phi) is 4.04. The molecule has 0 aliphatic carbocycles. The average Bonchev–Trinajstić information content (AvgIpc) is 2.29. The zero-order chi connectivity index (χ0) is 12.5. The van der Waals surface area contributed by atoms with Crippen molar-refractivity contribution in [1.29, 1.82) is 0 Å². The third kappa shape index (κ3) is 2.97. The summed E-state index contributed by atoms with van der Waals surface area (Å²) >= 11 is 9.90. The van der Waals surface area contributed by atoms with Gasteiger partial charge < -0.3 is 4.90 Å². The number of para-hydroxylation sites is 1. The van der Waals surface area contributed by atoms with Crippen LogP contribution in [-0.4, -0.2) is 13.1 Å². The van der Waals surface area contributed by atoms with Gasteiger partial charge in [-0.15, -0.1) is 0 Å². The standard InChI is InChI=1S/C14H19BrClN/c1-14(2)6-8-17(9-7-14)13-11(10-15)4-3-5-12(13)16/h3-5H,6-10H2,1-2H3. The Morgan fingerprint density at radius 3 is 2.53 bits per heavy atom. The molecule has 1 saturated heterocycles. The maximum atomic E-state index is 6.35. The first-order chi connectivity index (χ1) is 8.03. The number of rotatable bonds is 2. The van der Waals surface area contributed by atoms with Gasteiger partial charge in [-0.3, -0.25) is 0 Å². The second-order valence-electron chi connectivity index (χ2n) is 5.53. The van der Waals surface area contributed by atoms with Crippen molar-refractivity contribution in [3.8, 4) is 0 Å². The van der Waals surface area contributed by atoms with E-state index in [1.165, 1.54) is 24.1 Å². The number of halogens is 2. The summed E-state index contributed by atoms with van der Waals surface area (Å²) < 4.78 is 0. The molecule has 0 N–H and O–H groups in total. The van der Waals surface area contributed by atoms with E-state index in [4.69, 9.17) is 11.6 Å². The molecule has 3 heteroatoms. The van der Waals surface area contributed by atoms with E-state index in [9.17, 15) is 0 Å². The number of piperidine rings is 1. The lowest BCUT2D eigenvalue weighted by Gasteiger charge is -2.39. The fourth-order valence-corrected chi connectivity index (χ4v) is 3.12. The van der Waals surface area contributed by atoms with Crippen LogP contribution in [0, 0.1) is 5.41 Å². The molecule has 1 aliphatic heterocycles. The molecule has 0 bridgehead atoms. The van der Waals surface area contributed by atoms with E-state index >= 15 is 0 Å². The second-order valence-corrected chi connectivity index (χ2v) is 6.50. The third-order valence-corrected chi connectivity index (χ3v) is 4.56. The lowest BCUT2D eigenvalue weighted by molar-refractivity contribution is 0.279. The summed E-state index contributed by atoms with van der Waals surface area (Å²) in [6.45, 7) is 6.91. The van der Waals surface area contributed by atoms with Crippen LogP contribution in [0.2, 0.25) is 5.02 Å². The van der Waals surface area contributed by atoms with Gasteiger partial charge in [-0.1, -0.05) is 53.5 Å². The van der Waals surface area contributed by atoms with Gasteiger partial charge in [0, 0.05) is 18.4 Å². The fraction of sp³-hybridized carbons (Fsp3) is 0.571. The zero-order valence-electron chi connectivity index (χ0n) is 10.5. The summed E-state index contributed by atoms with van der Waals surface area (Å²) in [5.74, 6) is 0. The summed E-state index contributed by atoms with van der Waals surface area (Å²) in [5.41, 5.74) is 2.99. The van der Waals surface area contributed by atoms with Gasteiger partial charge in [0.1, 0.15) is 0 Å². The van der Waals surface area contributed by atoms with E-state index in [-0.39, 0.29) is 0 Å². The Bertz CT molecular complexity index is 393. The number of alkyl halides is 1. The first-order valence-corrected chi connectivity index (χ1v) is 7.62. The van der Waals surface area contributed by atoms with Crippen molar-refractivity contribution in [2.24, 2.45) is 5.41 Å². The molecule has 0 atom stereocenters. The molecule has 1 aliphatic rings. The predicted octanol–water partition coefficient (Wildman–Crippen LogP) is 4.86. The predicted molar refractivity (Wildman–Crippen MR) is 79.3 cm³/mol. The van der Waals surface area contributed by atoms with E-state index in [1.807, 2.05) is 12.1 Å². The van der Waals surface area contributed by atoms with Crippen LogP contribution < -0.4 is 4.90 Å². The molecule has 1 aromatic carbocycles. The minimum absolute atomic E-state index is 0.478. The van der Waals surface area contributed by atoms with E-state index < -0.39 is 0 Å². The first kappa shape index (κ1) is 13.2. The zero-order valence-corrected chi connectivity index (χ0v) is 12.8. The van der Waals surface area contributed by atoms with E-state index in [2.05, 4.69) is 40.7 Å². The van der Waals surface area contributed by atoms with Gasteiger partial charge in [-0.05, 0) is 29.9 Å². The monoisotopic (exact) mass is 315 g/mol. The molecule has 1 nitrogen and oxygen atoms in total. The SMILES string of the molecule is CC1(C)CCN(c2c(Cl)cccc2CBr)CC1. The second kappa shape index (κ2) is 5.19. The Morgan fingerprint density at radius 1 is 1.29 bits per heavy atom. The fourth-order valence-electron chi connectivity index (χ4n) is 2.36. The maximum Gasteiger partial charge on any atom is 0.0642 e. The summed E-state index contributed by atoms with van der Waals surface area (Å²) in [6.07, 6.45) is 2.47. The van der Waals surface area contributed by atoms with Crippen molar-refractivity contribution in [2.45, 2.75) is 32.0 Å². The van der Waals surface area contributed by atoms with E-state index in [0.29, 0.717) is 5.41 Å². The molecule has 0 unspecified atom stereocenters. The topological polar surface area (TPSA) is 3.24 Å².